The van der Waals surface area contributed by atoms with Crippen LogP contribution >= 0.6 is 0 Å². The van der Waals surface area contributed by atoms with Gasteiger partial charge in [-0.3, -0.25) is 4.79 Å². The van der Waals surface area contributed by atoms with Crippen LogP contribution in [-0.4, -0.2) is 107 Å². The van der Waals surface area contributed by atoms with Crippen molar-refractivity contribution in [1.29, 1.82) is 0 Å². The van der Waals surface area contributed by atoms with Crippen molar-refractivity contribution < 1.29 is 49.0 Å². The fraction of sp³-hybridized carbons (Fsp3) is 0.905. The molecule has 184 valence electrons. The fourth-order valence-electron chi connectivity index (χ4n) is 4.53. The first-order valence-corrected chi connectivity index (χ1v) is 11.3. The monoisotopic (exact) mass is 461 g/mol. The lowest BCUT2D eigenvalue weighted by molar-refractivity contribution is -0.229. The molecule has 7 atom stereocenters. The molecule has 32 heavy (non-hydrogen) atoms. The number of likely N-dealkylation sites (tertiary alicyclic amines) is 1. The van der Waals surface area contributed by atoms with Gasteiger partial charge < -0.3 is 44.3 Å². The molecule has 0 aromatic heterocycles. The molecule has 0 aromatic carbocycles. The molecule has 11 heteroatoms. The van der Waals surface area contributed by atoms with Crippen molar-refractivity contribution in [3.8, 4) is 0 Å². The van der Waals surface area contributed by atoms with Gasteiger partial charge in [-0.1, -0.05) is 6.42 Å². The van der Waals surface area contributed by atoms with Gasteiger partial charge in [0.15, 0.2) is 6.29 Å². The predicted molar refractivity (Wildman–Crippen MR) is 109 cm³/mol. The Morgan fingerprint density at radius 3 is 2.28 bits per heavy atom. The second-order valence-corrected chi connectivity index (χ2v) is 8.82. The lowest BCUT2D eigenvalue weighted by Crippen LogP contribution is -2.45. The van der Waals surface area contributed by atoms with Gasteiger partial charge in [0, 0.05) is 26.6 Å². The topological polar surface area (TPSA) is 155 Å². The third-order valence-corrected chi connectivity index (χ3v) is 6.60. The van der Waals surface area contributed by atoms with Crippen molar-refractivity contribution in [2.45, 2.75) is 87.9 Å². The molecule has 1 amide bonds. The molecular formula is C21H35NO10. The Kier molecular flexibility index (Phi) is 9.09. The van der Waals surface area contributed by atoms with E-state index in [1.54, 1.807) is 0 Å². The molecule has 0 radical (unpaired) electrons. The van der Waals surface area contributed by atoms with Gasteiger partial charge >= 0.3 is 12.1 Å². The summed E-state index contributed by atoms with van der Waals surface area (Å²) in [5.41, 5.74) is 0. The molecule has 2 saturated heterocycles. The van der Waals surface area contributed by atoms with Crippen molar-refractivity contribution in [3.05, 3.63) is 0 Å². The van der Waals surface area contributed by atoms with Crippen LogP contribution in [0.2, 0.25) is 0 Å². The third kappa shape index (κ3) is 6.30. The van der Waals surface area contributed by atoms with E-state index in [0.717, 1.165) is 12.8 Å². The maximum absolute atomic E-state index is 12.6. The Labute approximate surface area is 187 Å². The number of carbonyl (C=O) groups excluding carboxylic acids is 1. The van der Waals surface area contributed by atoms with Crippen molar-refractivity contribution in [2.24, 2.45) is 5.92 Å². The van der Waals surface area contributed by atoms with E-state index >= 15 is 0 Å². The summed E-state index contributed by atoms with van der Waals surface area (Å²) in [5, 5.41) is 39.5. The van der Waals surface area contributed by atoms with E-state index in [4.69, 9.17) is 24.1 Å². The van der Waals surface area contributed by atoms with Crippen LogP contribution in [0, 0.1) is 5.92 Å². The summed E-state index contributed by atoms with van der Waals surface area (Å²) in [6.45, 7) is 0.682. The molecule has 0 bridgehead atoms. The number of amides is 1. The van der Waals surface area contributed by atoms with Crippen LogP contribution in [0.15, 0.2) is 0 Å². The smallest absolute Gasteiger partial charge is 0.410 e. The first-order valence-electron chi connectivity index (χ1n) is 11.3. The van der Waals surface area contributed by atoms with Crippen LogP contribution in [0.25, 0.3) is 0 Å². The van der Waals surface area contributed by atoms with E-state index in [1.165, 1.54) is 12.0 Å². The molecule has 3 fully saturated rings. The highest BCUT2D eigenvalue weighted by Gasteiger charge is 2.40. The number of carboxylic acids is 1. The van der Waals surface area contributed by atoms with Gasteiger partial charge in [-0.25, -0.2) is 4.79 Å². The highest BCUT2D eigenvalue weighted by molar-refractivity contribution is 5.71. The molecule has 4 unspecified atom stereocenters. The van der Waals surface area contributed by atoms with Crippen molar-refractivity contribution in [2.75, 3.05) is 26.8 Å². The average molecular weight is 462 g/mol. The predicted octanol–water partition coefficient (Wildman–Crippen LogP) is 0.0915. The zero-order chi connectivity index (χ0) is 23.3. The number of ether oxygens (including phenoxy) is 4. The van der Waals surface area contributed by atoms with Crippen LogP contribution in [0.5, 0.6) is 0 Å². The van der Waals surface area contributed by atoms with Crippen LogP contribution in [0.3, 0.4) is 0 Å². The maximum Gasteiger partial charge on any atom is 0.410 e. The largest absolute Gasteiger partial charge is 0.481 e. The first-order chi connectivity index (χ1) is 15.3. The Bertz CT molecular complexity index is 626. The fourth-order valence-corrected chi connectivity index (χ4v) is 4.53. The number of carbonyl (C=O) groups is 2. The van der Waals surface area contributed by atoms with Crippen molar-refractivity contribution in [3.63, 3.8) is 0 Å². The van der Waals surface area contributed by atoms with Crippen molar-refractivity contribution >= 4 is 12.1 Å². The Morgan fingerprint density at radius 1 is 1.00 bits per heavy atom. The lowest BCUT2D eigenvalue weighted by Gasteiger charge is -2.35. The molecule has 3 rings (SSSR count). The van der Waals surface area contributed by atoms with E-state index in [9.17, 15) is 24.9 Å². The number of hydrogen-bond donors (Lipinski definition) is 4. The minimum absolute atomic E-state index is 0.0107. The number of carboxylic acid groups (broad SMARTS) is 1. The van der Waals surface area contributed by atoms with Gasteiger partial charge in [0.1, 0.15) is 18.3 Å². The summed E-state index contributed by atoms with van der Waals surface area (Å²) in [5.74, 6) is -1.26. The summed E-state index contributed by atoms with van der Waals surface area (Å²) in [4.78, 5) is 25.2. The molecule has 1 aliphatic carbocycles. The van der Waals surface area contributed by atoms with E-state index in [1.807, 2.05) is 0 Å². The standard InChI is InChI=1S/C21H35NO10/c1-29-20-18(25)14(24)10-13(23)17(31-20)11-30-15-4-2-3-5-16(15)32-21(28)22-8-6-12(7-9-22)19(26)27/h12-18,20,23-25H,2-11H2,1H3,(H,26,27)/t13?,14?,15?,16-,17-,18-,20?/m1/s1. The second kappa shape index (κ2) is 11.6. The number of aliphatic carboxylic acids is 1. The van der Waals surface area contributed by atoms with Gasteiger partial charge in [0.25, 0.3) is 0 Å². The summed E-state index contributed by atoms with van der Waals surface area (Å²) in [7, 11) is 1.34. The summed E-state index contributed by atoms with van der Waals surface area (Å²) in [6, 6.07) is 0. The van der Waals surface area contributed by atoms with Gasteiger partial charge in [0.2, 0.25) is 0 Å². The maximum atomic E-state index is 12.6. The SMILES string of the molecule is COC1O[C@H](COC2CCCC[C@H]2OC(=O)N2CCC(C(=O)O)CC2)C(O)CC(O)[C@H]1O. The number of nitrogens with zero attached hydrogens (tertiary/aromatic N) is 1. The number of aliphatic hydroxyl groups is 3. The Balaban J connectivity index is 1.53. The molecule has 11 nitrogen and oxygen atoms in total. The highest BCUT2D eigenvalue weighted by Crippen LogP contribution is 2.27. The minimum atomic E-state index is -1.28. The first kappa shape index (κ1) is 25.1. The number of piperidine rings is 1. The van der Waals surface area contributed by atoms with Crippen molar-refractivity contribution in [1.82, 2.24) is 4.90 Å². The molecule has 0 spiro atoms. The van der Waals surface area contributed by atoms with Crippen LogP contribution < -0.4 is 0 Å². The quantitative estimate of drug-likeness (QED) is 0.428. The minimum Gasteiger partial charge on any atom is -0.481 e. The van der Waals surface area contributed by atoms with E-state index in [0.29, 0.717) is 38.8 Å². The molecule has 4 N–H and O–H groups in total. The molecular weight excluding hydrogens is 426 g/mol. The molecule has 2 aliphatic heterocycles. The summed E-state index contributed by atoms with van der Waals surface area (Å²) >= 11 is 0. The Morgan fingerprint density at radius 2 is 1.66 bits per heavy atom. The van der Waals surface area contributed by atoms with Gasteiger partial charge in [-0.15, -0.1) is 0 Å². The normalized spacial score (nSPS) is 37.0. The summed E-state index contributed by atoms with van der Waals surface area (Å²) in [6.07, 6.45) is -2.86. The van der Waals surface area contributed by atoms with E-state index in [2.05, 4.69) is 0 Å². The zero-order valence-electron chi connectivity index (χ0n) is 18.4. The third-order valence-electron chi connectivity index (χ3n) is 6.60. The van der Waals surface area contributed by atoms with Crippen LogP contribution in [0.4, 0.5) is 4.79 Å². The van der Waals surface area contributed by atoms with Gasteiger partial charge in [-0.05, 0) is 32.1 Å². The van der Waals surface area contributed by atoms with Crippen LogP contribution in [0.1, 0.15) is 44.9 Å². The highest BCUT2D eigenvalue weighted by atomic mass is 16.7. The van der Waals surface area contributed by atoms with Crippen LogP contribution in [-0.2, 0) is 23.7 Å². The molecule has 1 saturated carbocycles. The molecule has 2 heterocycles. The number of aliphatic hydroxyl groups excluding tert-OH is 3. The van der Waals surface area contributed by atoms with Gasteiger partial charge in [0.05, 0.1) is 30.8 Å². The molecule has 3 aliphatic rings. The second-order valence-electron chi connectivity index (χ2n) is 8.82. The lowest BCUT2D eigenvalue weighted by atomic mass is 9.94. The summed E-state index contributed by atoms with van der Waals surface area (Å²) < 4.78 is 22.4. The number of rotatable bonds is 6. The van der Waals surface area contributed by atoms with E-state index in [-0.39, 0.29) is 19.1 Å². The number of hydrogen-bond acceptors (Lipinski definition) is 9. The molecule has 0 aromatic rings. The van der Waals surface area contributed by atoms with Gasteiger partial charge in [-0.2, -0.15) is 0 Å². The zero-order valence-corrected chi connectivity index (χ0v) is 18.4. The Hall–Kier alpha value is -1.50. The number of methoxy groups -OCH3 is 1. The average Bonchev–Trinajstić information content (AvgIpc) is 2.89. The van der Waals surface area contributed by atoms with E-state index < -0.39 is 54.8 Å².